The number of carbonyl (C=O) groups is 2. The van der Waals surface area contributed by atoms with Crippen LogP contribution in [0.25, 0.3) is 0 Å². The minimum absolute atomic E-state index is 0.581. The number of hydrogen-bond donors (Lipinski definition) is 3. The monoisotopic (exact) mass is 264 g/mol. The fourth-order valence-electron chi connectivity index (χ4n) is 1.70. The molecule has 1 rings (SSSR count). The predicted molar refractivity (Wildman–Crippen MR) is 55.1 cm³/mol. The molecule has 0 aliphatic carbocycles. The van der Waals surface area contributed by atoms with Gasteiger partial charge in [0.05, 0.1) is 6.61 Å². The first-order valence-corrected chi connectivity index (χ1v) is 5.33. The summed E-state index contributed by atoms with van der Waals surface area (Å²) >= 11 is 0. The van der Waals surface area contributed by atoms with Crippen LogP contribution < -0.4 is 0 Å². The average molecular weight is 264 g/mol. The number of hydrogen-bond acceptors (Lipinski definition) is 8. The van der Waals surface area contributed by atoms with Crippen LogP contribution >= 0.6 is 0 Å². The van der Waals surface area contributed by atoms with Gasteiger partial charge in [0.25, 0.3) is 0 Å². The lowest BCUT2D eigenvalue weighted by Gasteiger charge is -2.40. The summed E-state index contributed by atoms with van der Waals surface area (Å²) < 4.78 is 14.4. The highest BCUT2D eigenvalue weighted by atomic mass is 16.7. The normalized spacial score (nSPS) is 35.9. The lowest BCUT2D eigenvalue weighted by Crippen LogP contribution is -2.60. The van der Waals surface area contributed by atoms with Gasteiger partial charge in [-0.2, -0.15) is 0 Å². The standard InChI is InChI=1S/C10H16O8/c1-4(12)16-8-7(14)6(3-11)18-10(15)9(8)17-5(2)13/h6-11,14-15H,3H2,1-2H3/t6-,7-,8+,9-,10+/m0/s1. The summed E-state index contributed by atoms with van der Waals surface area (Å²) in [6, 6.07) is 0. The van der Waals surface area contributed by atoms with E-state index in [1.165, 1.54) is 0 Å². The van der Waals surface area contributed by atoms with Crippen molar-refractivity contribution >= 4 is 11.9 Å². The van der Waals surface area contributed by atoms with Gasteiger partial charge in [-0.1, -0.05) is 0 Å². The predicted octanol–water partition coefficient (Wildman–Crippen LogP) is -2.08. The Morgan fingerprint density at radius 3 is 2.06 bits per heavy atom. The van der Waals surface area contributed by atoms with Crippen molar-refractivity contribution in [1.29, 1.82) is 0 Å². The Labute approximate surface area is 103 Å². The third-order valence-electron chi connectivity index (χ3n) is 2.42. The first-order valence-electron chi connectivity index (χ1n) is 5.33. The molecule has 0 aromatic heterocycles. The maximum Gasteiger partial charge on any atom is 0.303 e. The molecule has 3 N–H and O–H groups in total. The number of aliphatic hydroxyl groups is 3. The van der Waals surface area contributed by atoms with E-state index >= 15 is 0 Å². The molecule has 0 bridgehead atoms. The summed E-state index contributed by atoms with van der Waals surface area (Å²) in [5.74, 6) is -1.45. The molecule has 0 radical (unpaired) electrons. The van der Waals surface area contributed by atoms with Gasteiger partial charge < -0.3 is 29.5 Å². The summed E-state index contributed by atoms with van der Waals surface area (Å²) in [6.07, 6.45) is -6.78. The highest BCUT2D eigenvalue weighted by Crippen LogP contribution is 2.24. The molecule has 0 spiro atoms. The molecule has 1 fully saturated rings. The van der Waals surface area contributed by atoms with Crippen LogP contribution in [0, 0.1) is 0 Å². The van der Waals surface area contributed by atoms with Gasteiger partial charge in [0, 0.05) is 13.8 Å². The summed E-state index contributed by atoms with van der Waals surface area (Å²) in [5, 5.41) is 28.4. The molecule has 8 heteroatoms. The van der Waals surface area contributed by atoms with Crippen LogP contribution in [0.4, 0.5) is 0 Å². The van der Waals surface area contributed by atoms with Crippen molar-refractivity contribution in [2.75, 3.05) is 6.61 Å². The van der Waals surface area contributed by atoms with Gasteiger partial charge in [-0.05, 0) is 0 Å². The zero-order valence-electron chi connectivity index (χ0n) is 9.98. The van der Waals surface area contributed by atoms with E-state index < -0.39 is 49.3 Å². The van der Waals surface area contributed by atoms with Crippen molar-refractivity contribution in [3.05, 3.63) is 0 Å². The Balaban J connectivity index is 2.89. The SMILES string of the molecule is CC(=O)O[C@@H]1[C@@H](O)[C@H](CO)O[C@@H](O)[C@H]1OC(C)=O. The summed E-state index contributed by atoms with van der Waals surface area (Å²) in [4.78, 5) is 21.8. The maximum absolute atomic E-state index is 10.9. The van der Waals surface area contributed by atoms with Crippen LogP contribution in [0.1, 0.15) is 13.8 Å². The van der Waals surface area contributed by atoms with E-state index in [-0.39, 0.29) is 0 Å². The molecule has 18 heavy (non-hydrogen) atoms. The Kier molecular flexibility index (Phi) is 5.03. The Hall–Kier alpha value is -1.22. The molecule has 1 saturated heterocycles. The van der Waals surface area contributed by atoms with Gasteiger partial charge in [-0.3, -0.25) is 9.59 Å². The second kappa shape index (κ2) is 6.10. The van der Waals surface area contributed by atoms with Gasteiger partial charge in [0.1, 0.15) is 12.2 Å². The van der Waals surface area contributed by atoms with Crippen molar-refractivity contribution in [3.8, 4) is 0 Å². The van der Waals surface area contributed by atoms with Crippen molar-refractivity contribution in [2.45, 2.75) is 44.6 Å². The molecule has 0 unspecified atom stereocenters. The number of rotatable bonds is 3. The van der Waals surface area contributed by atoms with E-state index in [2.05, 4.69) is 0 Å². The Morgan fingerprint density at radius 2 is 1.61 bits per heavy atom. The van der Waals surface area contributed by atoms with Crippen LogP contribution in [-0.2, 0) is 23.8 Å². The third kappa shape index (κ3) is 3.39. The Bertz CT molecular complexity index is 317. The molecular weight excluding hydrogens is 248 g/mol. The summed E-state index contributed by atoms with van der Waals surface area (Å²) in [7, 11) is 0. The first-order chi connectivity index (χ1) is 8.36. The van der Waals surface area contributed by atoms with E-state index in [1.807, 2.05) is 0 Å². The lowest BCUT2D eigenvalue weighted by molar-refractivity contribution is -0.293. The molecule has 0 amide bonds. The zero-order valence-corrected chi connectivity index (χ0v) is 9.98. The second-order valence-corrected chi connectivity index (χ2v) is 3.89. The van der Waals surface area contributed by atoms with E-state index in [0.717, 1.165) is 13.8 Å². The molecule has 5 atom stereocenters. The molecule has 1 heterocycles. The zero-order chi connectivity index (χ0) is 13.9. The minimum Gasteiger partial charge on any atom is -0.455 e. The third-order valence-corrected chi connectivity index (χ3v) is 2.42. The fourth-order valence-corrected chi connectivity index (χ4v) is 1.70. The van der Waals surface area contributed by atoms with Gasteiger partial charge in [0.2, 0.25) is 0 Å². The molecule has 0 aromatic rings. The molecule has 1 aliphatic rings. The van der Waals surface area contributed by atoms with Crippen LogP contribution in [-0.4, -0.2) is 64.6 Å². The van der Waals surface area contributed by atoms with E-state index in [9.17, 15) is 19.8 Å². The quantitative estimate of drug-likeness (QED) is 0.496. The highest BCUT2D eigenvalue weighted by Gasteiger charge is 2.48. The van der Waals surface area contributed by atoms with E-state index in [1.54, 1.807) is 0 Å². The lowest BCUT2D eigenvalue weighted by atomic mass is 9.99. The maximum atomic E-state index is 10.9. The van der Waals surface area contributed by atoms with Crippen LogP contribution in [0.2, 0.25) is 0 Å². The molecular formula is C10H16O8. The van der Waals surface area contributed by atoms with Crippen molar-refractivity contribution in [3.63, 3.8) is 0 Å². The van der Waals surface area contributed by atoms with Crippen LogP contribution in [0.3, 0.4) is 0 Å². The van der Waals surface area contributed by atoms with Crippen LogP contribution in [0.5, 0.6) is 0 Å². The number of ether oxygens (including phenoxy) is 3. The Morgan fingerprint density at radius 1 is 1.11 bits per heavy atom. The fraction of sp³-hybridized carbons (Fsp3) is 0.800. The van der Waals surface area contributed by atoms with Gasteiger partial charge in [-0.15, -0.1) is 0 Å². The molecule has 104 valence electrons. The molecule has 0 saturated carbocycles. The summed E-state index contributed by atoms with van der Waals surface area (Å²) in [5.41, 5.74) is 0. The van der Waals surface area contributed by atoms with E-state index in [4.69, 9.17) is 19.3 Å². The van der Waals surface area contributed by atoms with Crippen molar-refractivity contribution in [2.24, 2.45) is 0 Å². The van der Waals surface area contributed by atoms with E-state index in [0.29, 0.717) is 0 Å². The largest absolute Gasteiger partial charge is 0.455 e. The van der Waals surface area contributed by atoms with Crippen molar-refractivity contribution in [1.82, 2.24) is 0 Å². The first kappa shape index (κ1) is 14.8. The van der Waals surface area contributed by atoms with Gasteiger partial charge in [-0.25, -0.2) is 0 Å². The van der Waals surface area contributed by atoms with Gasteiger partial charge >= 0.3 is 11.9 Å². The summed E-state index contributed by atoms with van der Waals surface area (Å²) in [6.45, 7) is 1.62. The molecule has 0 aromatic carbocycles. The molecule has 1 aliphatic heterocycles. The van der Waals surface area contributed by atoms with Crippen LogP contribution in [0.15, 0.2) is 0 Å². The minimum atomic E-state index is -1.60. The average Bonchev–Trinajstić information content (AvgIpc) is 2.27. The number of esters is 2. The smallest absolute Gasteiger partial charge is 0.303 e. The highest BCUT2D eigenvalue weighted by molar-refractivity contribution is 5.67. The van der Waals surface area contributed by atoms with Crippen molar-refractivity contribution < 1.29 is 39.1 Å². The van der Waals surface area contributed by atoms with Gasteiger partial charge in [0.15, 0.2) is 18.5 Å². The topological polar surface area (TPSA) is 123 Å². The molecule has 8 nitrogen and oxygen atoms in total. The second-order valence-electron chi connectivity index (χ2n) is 3.89. The number of aliphatic hydroxyl groups excluding tert-OH is 3. The number of carbonyl (C=O) groups excluding carboxylic acids is 2.